The Morgan fingerprint density at radius 1 is 1.00 bits per heavy atom. The molecule has 0 spiro atoms. The Morgan fingerprint density at radius 2 is 1.50 bits per heavy atom. The maximum Gasteiger partial charge on any atom is 0.573 e. The van der Waals surface area contributed by atoms with Gasteiger partial charge in [-0.3, -0.25) is 9.80 Å². The van der Waals surface area contributed by atoms with Gasteiger partial charge in [-0.05, 0) is 24.6 Å². The van der Waals surface area contributed by atoms with E-state index >= 15 is 0 Å². The fraction of sp³-hybridized carbons (Fsp3) is 0.625. The number of piperazine rings is 1. The standard InChI is InChI=1S/C16H23F3N2O3/c1-12(22)10-20-6-8-21(9-7-20)11-15(23)13-2-4-14(5-3-13)24-16(17,18)19/h2-5,12,15,22-23H,6-11H2,1H3/t12-,15-/m1/s1. The summed E-state index contributed by atoms with van der Waals surface area (Å²) < 4.78 is 40.2. The molecule has 24 heavy (non-hydrogen) atoms. The van der Waals surface area contributed by atoms with Crippen LogP contribution in [0.4, 0.5) is 13.2 Å². The van der Waals surface area contributed by atoms with Crippen LogP contribution in [0.25, 0.3) is 0 Å². The van der Waals surface area contributed by atoms with Crippen LogP contribution in [0.1, 0.15) is 18.6 Å². The molecule has 1 aliphatic heterocycles. The Kier molecular flexibility index (Phi) is 6.45. The van der Waals surface area contributed by atoms with Gasteiger partial charge in [0.1, 0.15) is 5.75 Å². The molecule has 0 aromatic heterocycles. The third-order valence-electron chi connectivity index (χ3n) is 3.92. The van der Waals surface area contributed by atoms with Crippen LogP contribution in [0.15, 0.2) is 24.3 Å². The topological polar surface area (TPSA) is 56.2 Å². The van der Waals surface area contributed by atoms with Crippen LogP contribution in [0.5, 0.6) is 5.75 Å². The highest BCUT2D eigenvalue weighted by Crippen LogP contribution is 2.24. The normalized spacial score (nSPS) is 19.9. The average Bonchev–Trinajstić information content (AvgIpc) is 2.48. The molecule has 2 N–H and O–H groups in total. The van der Waals surface area contributed by atoms with Gasteiger partial charge in [-0.1, -0.05) is 12.1 Å². The fourth-order valence-corrected chi connectivity index (χ4v) is 2.77. The van der Waals surface area contributed by atoms with Crippen LogP contribution < -0.4 is 4.74 Å². The summed E-state index contributed by atoms with van der Waals surface area (Å²) in [5.74, 6) is -0.301. The van der Waals surface area contributed by atoms with E-state index in [1.165, 1.54) is 24.3 Å². The van der Waals surface area contributed by atoms with Gasteiger partial charge < -0.3 is 14.9 Å². The molecular formula is C16H23F3N2O3. The lowest BCUT2D eigenvalue weighted by Gasteiger charge is -2.36. The second-order valence-electron chi connectivity index (χ2n) is 6.08. The van der Waals surface area contributed by atoms with E-state index in [0.717, 1.165) is 26.2 Å². The molecule has 0 saturated carbocycles. The van der Waals surface area contributed by atoms with Crippen molar-refractivity contribution in [3.05, 3.63) is 29.8 Å². The summed E-state index contributed by atoms with van der Waals surface area (Å²) in [5, 5.41) is 19.6. The molecule has 1 aliphatic rings. The van der Waals surface area contributed by atoms with E-state index in [4.69, 9.17) is 0 Å². The molecule has 2 rings (SSSR count). The number of hydrogen-bond acceptors (Lipinski definition) is 5. The van der Waals surface area contributed by atoms with E-state index in [0.29, 0.717) is 18.7 Å². The van der Waals surface area contributed by atoms with Crippen molar-refractivity contribution in [2.45, 2.75) is 25.5 Å². The number of ether oxygens (including phenoxy) is 1. The molecule has 0 unspecified atom stereocenters. The van der Waals surface area contributed by atoms with Crippen LogP contribution in [0.2, 0.25) is 0 Å². The van der Waals surface area contributed by atoms with Crippen molar-refractivity contribution in [1.29, 1.82) is 0 Å². The lowest BCUT2D eigenvalue weighted by atomic mass is 10.1. The van der Waals surface area contributed by atoms with Crippen LogP contribution in [0, 0.1) is 0 Å². The third-order valence-corrected chi connectivity index (χ3v) is 3.92. The minimum absolute atomic E-state index is 0.301. The van der Waals surface area contributed by atoms with E-state index in [1.54, 1.807) is 6.92 Å². The zero-order chi connectivity index (χ0) is 17.7. The molecule has 136 valence electrons. The van der Waals surface area contributed by atoms with Gasteiger partial charge in [0.15, 0.2) is 0 Å². The van der Waals surface area contributed by atoms with Gasteiger partial charge >= 0.3 is 6.36 Å². The molecule has 8 heteroatoms. The highest BCUT2D eigenvalue weighted by molar-refractivity contribution is 5.28. The zero-order valence-corrected chi connectivity index (χ0v) is 13.5. The lowest BCUT2D eigenvalue weighted by Crippen LogP contribution is -2.49. The molecule has 1 fully saturated rings. The van der Waals surface area contributed by atoms with Gasteiger partial charge in [0.05, 0.1) is 12.2 Å². The second kappa shape index (κ2) is 8.15. The highest BCUT2D eigenvalue weighted by atomic mass is 19.4. The first-order valence-corrected chi connectivity index (χ1v) is 7.89. The molecule has 1 aromatic rings. The molecule has 0 radical (unpaired) electrons. The predicted octanol–water partition coefficient (Wildman–Crippen LogP) is 1.62. The van der Waals surface area contributed by atoms with E-state index in [2.05, 4.69) is 14.5 Å². The Bertz CT molecular complexity index is 500. The molecule has 0 bridgehead atoms. The summed E-state index contributed by atoms with van der Waals surface area (Å²) in [6.45, 7) is 5.99. The maximum absolute atomic E-state index is 12.1. The number of rotatable bonds is 6. The zero-order valence-electron chi connectivity index (χ0n) is 13.5. The first kappa shape index (κ1) is 19.0. The molecule has 5 nitrogen and oxygen atoms in total. The van der Waals surface area contributed by atoms with Crippen molar-refractivity contribution in [1.82, 2.24) is 9.80 Å². The lowest BCUT2D eigenvalue weighted by molar-refractivity contribution is -0.274. The summed E-state index contributed by atoms with van der Waals surface area (Å²) in [7, 11) is 0. The number of benzene rings is 1. The Hall–Kier alpha value is -1.35. The van der Waals surface area contributed by atoms with Gasteiger partial charge in [0.25, 0.3) is 0 Å². The SMILES string of the molecule is C[C@@H](O)CN1CCN(C[C@@H](O)c2ccc(OC(F)(F)F)cc2)CC1. The van der Waals surface area contributed by atoms with E-state index in [9.17, 15) is 23.4 Å². The number of aliphatic hydroxyl groups excluding tert-OH is 2. The molecule has 1 aromatic carbocycles. The number of nitrogens with zero attached hydrogens (tertiary/aromatic N) is 2. The van der Waals surface area contributed by atoms with Gasteiger partial charge in [-0.25, -0.2) is 0 Å². The van der Waals surface area contributed by atoms with Crippen molar-refractivity contribution in [3.63, 3.8) is 0 Å². The molecular weight excluding hydrogens is 325 g/mol. The number of alkyl halides is 3. The Balaban J connectivity index is 1.81. The highest BCUT2D eigenvalue weighted by Gasteiger charge is 2.31. The summed E-state index contributed by atoms with van der Waals surface area (Å²) >= 11 is 0. The first-order valence-electron chi connectivity index (χ1n) is 7.89. The summed E-state index contributed by atoms with van der Waals surface area (Å²) in [4.78, 5) is 4.26. The van der Waals surface area contributed by atoms with Gasteiger partial charge in [-0.2, -0.15) is 0 Å². The third kappa shape index (κ3) is 6.27. The maximum atomic E-state index is 12.1. The van der Waals surface area contributed by atoms with Gasteiger partial charge in [0, 0.05) is 39.3 Å². The first-order chi connectivity index (χ1) is 11.2. The molecule has 0 aliphatic carbocycles. The van der Waals surface area contributed by atoms with Gasteiger partial charge in [0.2, 0.25) is 0 Å². The van der Waals surface area contributed by atoms with E-state index < -0.39 is 12.5 Å². The molecule has 1 saturated heterocycles. The predicted molar refractivity (Wildman–Crippen MR) is 82.6 cm³/mol. The summed E-state index contributed by atoms with van der Waals surface area (Å²) in [6.07, 6.45) is -5.85. The van der Waals surface area contributed by atoms with Crippen molar-refractivity contribution >= 4 is 0 Å². The molecule has 0 amide bonds. The number of hydrogen-bond donors (Lipinski definition) is 2. The fourth-order valence-electron chi connectivity index (χ4n) is 2.77. The largest absolute Gasteiger partial charge is 0.573 e. The van der Waals surface area contributed by atoms with Crippen LogP contribution in [-0.2, 0) is 0 Å². The quantitative estimate of drug-likeness (QED) is 0.818. The van der Waals surface area contributed by atoms with Crippen molar-refractivity contribution in [3.8, 4) is 5.75 Å². The number of halogens is 3. The average molecular weight is 348 g/mol. The van der Waals surface area contributed by atoms with Crippen LogP contribution in [-0.4, -0.2) is 71.7 Å². The second-order valence-corrected chi connectivity index (χ2v) is 6.08. The Morgan fingerprint density at radius 3 is 1.96 bits per heavy atom. The minimum atomic E-state index is -4.72. The number of aliphatic hydroxyl groups is 2. The minimum Gasteiger partial charge on any atom is -0.406 e. The smallest absolute Gasteiger partial charge is 0.406 e. The van der Waals surface area contributed by atoms with Crippen molar-refractivity contribution < 1.29 is 28.1 Å². The monoisotopic (exact) mass is 348 g/mol. The summed E-state index contributed by atoms with van der Waals surface area (Å²) in [5.41, 5.74) is 0.552. The van der Waals surface area contributed by atoms with Crippen LogP contribution in [0.3, 0.4) is 0 Å². The van der Waals surface area contributed by atoms with Crippen molar-refractivity contribution in [2.24, 2.45) is 0 Å². The molecule has 1 heterocycles. The van der Waals surface area contributed by atoms with Crippen LogP contribution >= 0.6 is 0 Å². The summed E-state index contributed by atoms with van der Waals surface area (Å²) in [6, 6.07) is 5.28. The van der Waals surface area contributed by atoms with Gasteiger partial charge in [-0.15, -0.1) is 13.2 Å². The Labute approximate surface area is 139 Å². The van der Waals surface area contributed by atoms with Crippen molar-refractivity contribution in [2.75, 3.05) is 39.3 Å². The van der Waals surface area contributed by atoms with E-state index in [1.807, 2.05) is 0 Å². The van der Waals surface area contributed by atoms with E-state index in [-0.39, 0.29) is 11.9 Å². The number of β-amino-alcohol motifs (C(OH)–C–C–N with tert-alkyl or cyclic N) is 2. The molecule has 2 atom stereocenters.